The Morgan fingerprint density at radius 2 is 1.89 bits per heavy atom. The van der Waals surface area contributed by atoms with Crippen LogP contribution in [0, 0.1) is 5.41 Å². The van der Waals surface area contributed by atoms with E-state index in [0.29, 0.717) is 26.0 Å². The molecule has 0 aromatic rings. The van der Waals surface area contributed by atoms with E-state index in [2.05, 4.69) is 5.32 Å². The molecule has 0 unspecified atom stereocenters. The van der Waals surface area contributed by atoms with Crippen molar-refractivity contribution in [3.05, 3.63) is 0 Å². The van der Waals surface area contributed by atoms with Gasteiger partial charge in [0, 0.05) is 13.0 Å². The third-order valence-corrected chi connectivity index (χ3v) is 2.38. The molecule has 0 rings (SSSR count). The summed E-state index contributed by atoms with van der Waals surface area (Å²) in [4.78, 5) is 22.6. The maximum atomic E-state index is 11.6. The molecule has 0 saturated heterocycles. The van der Waals surface area contributed by atoms with Crippen LogP contribution in [0.2, 0.25) is 0 Å². The van der Waals surface area contributed by atoms with E-state index in [9.17, 15) is 9.59 Å². The average Bonchev–Trinajstić information content (AvgIpc) is 2.22. The highest BCUT2D eigenvalue weighted by Crippen LogP contribution is 2.16. The molecule has 1 amide bonds. The van der Waals surface area contributed by atoms with E-state index in [-0.39, 0.29) is 29.7 Å². The van der Waals surface area contributed by atoms with Gasteiger partial charge < -0.3 is 15.8 Å². The Kier molecular flexibility index (Phi) is 9.94. The van der Waals surface area contributed by atoms with Crippen LogP contribution in [0.1, 0.15) is 40.5 Å². The van der Waals surface area contributed by atoms with Crippen molar-refractivity contribution in [1.82, 2.24) is 5.32 Å². The van der Waals surface area contributed by atoms with Gasteiger partial charge in [0.1, 0.15) is 0 Å². The van der Waals surface area contributed by atoms with Gasteiger partial charge >= 0.3 is 5.97 Å². The maximum Gasteiger partial charge on any atom is 0.305 e. The summed E-state index contributed by atoms with van der Waals surface area (Å²) in [5.74, 6) is -0.414. The smallest absolute Gasteiger partial charge is 0.305 e. The van der Waals surface area contributed by atoms with E-state index in [4.69, 9.17) is 10.5 Å². The van der Waals surface area contributed by atoms with Crippen LogP contribution in [-0.4, -0.2) is 31.1 Å². The van der Waals surface area contributed by atoms with Gasteiger partial charge in [-0.25, -0.2) is 0 Å². The summed E-state index contributed by atoms with van der Waals surface area (Å²) < 4.78 is 4.77. The Bertz CT molecular complexity index is 265. The second kappa shape index (κ2) is 9.16. The first-order valence-corrected chi connectivity index (χ1v) is 5.98. The Morgan fingerprint density at radius 3 is 2.33 bits per heavy atom. The highest BCUT2D eigenvalue weighted by molar-refractivity contribution is 5.85. The number of nitrogens with one attached hydrogen (secondary N) is 1. The van der Waals surface area contributed by atoms with Crippen molar-refractivity contribution in [1.29, 1.82) is 0 Å². The Labute approximate surface area is 115 Å². The molecule has 0 saturated carbocycles. The molecule has 0 bridgehead atoms. The third kappa shape index (κ3) is 8.31. The zero-order valence-corrected chi connectivity index (χ0v) is 12.4. The molecule has 0 aliphatic heterocycles. The van der Waals surface area contributed by atoms with Crippen LogP contribution in [0.25, 0.3) is 0 Å². The van der Waals surface area contributed by atoms with Gasteiger partial charge in [-0.15, -0.1) is 12.4 Å². The third-order valence-electron chi connectivity index (χ3n) is 2.38. The predicted molar refractivity (Wildman–Crippen MR) is 73.6 cm³/mol. The number of halogens is 1. The Balaban J connectivity index is 0. The number of carbonyl (C=O) groups excluding carboxylic acids is 2. The number of esters is 1. The lowest BCUT2D eigenvalue weighted by Gasteiger charge is -2.25. The highest BCUT2D eigenvalue weighted by Gasteiger charge is 2.26. The molecule has 0 aliphatic rings. The van der Waals surface area contributed by atoms with Crippen molar-refractivity contribution in [3.8, 4) is 0 Å². The van der Waals surface area contributed by atoms with Gasteiger partial charge in [-0.05, 0) is 18.8 Å². The van der Waals surface area contributed by atoms with Crippen molar-refractivity contribution in [2.24, 2.45) is 11.1 Å². The zero-order chi connectivity index (χ0) is 13.5. The van der Waals surface area contributed by atoms with Crippen LogP contribution >= 0.6 is 12.4 Å². The van der Waals surface area contributed by atoms with Gasteiger partial charge in [0.2, 0.25) is 5.91 Å². The molecule has 0 heterocycles. The fourth-order valence-corrected chi connectivity index (χ4v) is 1.18. The molecule has 3 N–H and O–H groups in total. The Hall–Kier alpha value is -0.810. The topological polar surface area (TPSA) is 81.4 Å². The summed E-state index contributed by atoms with van der Waals surface area (Å²) in [6, 6.07) is -0.537. The second-order valence-electron chi connectivity index (χ2n) is 5.04. The highest BCUT2D eigenvalue weighted by atomic mass is 35.5. The number of hydrogen-bond acceptors (Lipinski definition) is 4. The number of amides is 1. The summed E-state index contributed by atoms with van der Waals surface area (Å²) in [5.41, 5.74) is 5.52. The fraction of sp³-hybridized carbons (Fsp3) is 0.833. The van der Waals surface area contributed by atoms with Crippen molar-refractivity contribution in [3.63, 3.8) is 0 Å². The SMILES string of the molecule is CCOC(=O)CCCNC(=O)[C@@H](N)C(C)(C)C.Cl. The molecule has 5 nitrogen and oxygen atoms in total. The summed E-state index contributed by atoms with van der Waals surface area (Å²) >= 11 is 0. The van der Waals surface area contributed by atoms with Gasteiger partial charge in [-0.1, -0.05) is 20.8 Å². The van der Waals surface area contributed by atoms with E-state index < -0.39 is 6.04 Å². The van der Waals surface area contributed by atoms with Crippen LogP contribution in [0.4, 0.5) is 0 Å². The molecular formula is C12H25ClN2O3. The predicted octanol–water partition coefficient (Wildman–Crippen LogP) is 1.24. The number of nitrogens with two attached hydrogens (primary N) is 1. The lowest BCUT2D eigenvalue weighted by molar-refractivity contribution is -0.143. The summed E-state index contributed by atoms with van der Waals surface area (Å²) in [7, 11) is 0. The van der Waals surface area contributed by atoms with E-state index in [1.807, 2.05) is 20.8 Å². The summed E-state index contributed by atoms with van der Waals surface area (Å²) in [6.45, 7) is 8.34. The molecule has 108 valence electrons. The minimum Gasteiger partial charge on any atom is -0.466 e. The summed E-state index contributed by atoms with van der Waals surface area (Å²) in [5, 5.41) is 2.71. The minimum absolute atomic E-state index is 0. The van der Waals surface area contributed by atoms with E-state index >= 15 is 0 Å². The summed E-state index contributed by atoms with van der Waals surface area (Å²) in [6.07, 6.45) is 0.889. The van der Waals surface area contributed by atoms with E-state index in [0.717, 1.165) is 0 Å². The van der Waals surface area contributed by atoms with Crippen molar-refractivity contribution < 1.29 is 14.3 Å². The largest absolute Gasteiger partial charge is 0.466 e. The first-order chi connectivity index (χ1) is 7.79. The Morgan fingerprint density at radius 1 is 1.33 bits per heavy atom. The van der Waals surface area contributed by atoms with Gasteiger partial charge in [-0.2, -0.15) is 0 Å². The molecular weight excluding hydrogens is 256 g/mol. The molecule has 0 spiro atoms. The first-order valence-electron chi connectivity index (χ1n) is 5.98. The molecule has 1 atom stereocenters. The lowest BCUT2D eigenvalue weighted by Crippen LogP contribution is -2.48. The van der Waals surface area contributed by atoms with Gasteiger partial charge in [0.25, 0.3) is 0 Å². The molecule has 6 heteroatoms. The number of carbonyl (C=O) groups is 2. The van der Waals surface area contributed by atoms with Crippen molar-refractivity contribution in [2.45, 2.75) is 46.6 Å². The average molecular weight is 281 g/mol. The van der Waals surface area contributed by atoms with Gasteiger partial charge in [-0.3, -0.25) is 9.59 Å². The van der Waals surface area contributed by atoms with Crippen LogP contribution in [0.3, 0.4) is 0 Å². The van der Waals surface area contributed by atoms with Crippen molar-refractivity contribution in [2.75, 3.05) is 13.2 Å². The lowest BCUT2D eigenvalue weighted by atomic mass is 9.87. The monoisotopic (exact) mass is 280 g/mol. The first kappa shape index (κ1) is 19.5. The quantitative estimate of drug-likeness (QED) is 0.567. The second-order valence-corrected chi connectivity index (χ2v) is 5.04. The van der Waals surface area contributed by atoms with Crippen LogP contribution in [0.5, 0.6) is 0 Å². The van der Waals surface area contributed by atoms with Crippen LogP contribution in [0.15, 0.2) is 0 Å². The minimum atomic E-state index is -0.537. The maximum absolute atomic E-state index is 11.6. The van der Waals surface area contributed by atoms with Gasteiger partial charge in [0.15, 0.2) is 0 Å². The van der Waals surface area contributed by atoms with Crippen molar-refractivity contribution >= 4 is 24.3 Å². The molecule has 0 aromatic heterocycles. The fourth-order valence-electron chi connectivity index (χ4n) is 1.18. The molecule has 0 aromatic carbocycles. The normalized spacial score (nSPS) is 12.3. The number of ether oxygens (including phenoxy) is 1. The molecule has 0 aliphatic carbocycles. The van der Waals surface area contributed by atoms with E-state index in [1.54, 1.807) is 6.92 Å². The van der Waals surface area contributed by atoms with E-state index in [1.165, 1.54) is 0 Å². The van der Waals surface area contributed by atoms with Crippen LogP contribution < -0.4 is 11.1 Å². The molecule has 0 fully saturated rings. The van der Waals surface area contributed by atoms with Gasteiger partial charge in [0.05, 0.1) is 12.6 Å². The molecule has 18 heavy (non-hydrogen) atoms. The van der Waals surface area contributed by atoms with Crippen LogP contribution in [-0.2, 0) is 14.3 Å². The number of hydrogen-bond donors (Lipinski definition) is 2. The standard InChI is InChI=1S/C12H24N2O3.ClH/c1-5-17-9(15)7-6-8-14-11(16)10(13)12(2,3)4;/h10H,5-8,13H2,1-4H3,(H,14,16);1H/t10-;/m1./s1. The molecule has 0 radical (unpaired) electrons. The number of rotatable bonds is 6. The zero-order valence-electron chi connectivity index (χ0n) is 11.6.